The standard InChI is InChI=1S/C23H28N4O4/c1-17-8-10-25(11-9-17)21-7-6-18(16-22(21)27(29)30)23(28)24-19-4-2-3-5-20(19)26-12-14-31-15-13-26/h2-7,16-17H,8-15H2,1H3,(H,24,28). The summed E-state index contributed by atoms with van der Waals surface area (Å²) in [5.41, 5.74) is 2.45. The highest BCUT2D eigenvalue weighted by atomic mass is 16.6. The molecule has 31 heavy (non-hydrogen) atoms. The second-order valence-corrected chi connectivity index (χ2v) is 8.20. The van der Waals surface area contributed by atoms with Crippen LogP contribution in [-0.2, 0) is 4.74 Å². The van der Waals surface area contributed by atoms with E-state index in [0.717, 1.165) is 44.7 Å². The van der Waals surface area contributed by atoms with Gasteiger partial charge >= 0.3 is 0 Å². The van der Waals surface area contributed by atoms with Gasteiger partial charge in [-0.3, -0.25) is 14.9 Å². The number of nitrogens with zero attached hydrogens (tertiary/aromatic N) is 3. The maximum Gasteiger partial charge on any atom is 0.293 e. The van der Waals surface area contributed by atoms with E-state index in [9.17, 15) is 14.9 Å². The molecule has 1 N–H and O–H groups in total. The van der Waals surface area contributed by atoms with E-state index in [1.807, 2.05) is 29.2 Å². The van der Waals surface area contributed by atoms with Crippen LogP contribution in [-0.4, -0.2) is 50.2 Å². The zero-order chi connectivity index (χ0) is 21.8. The third-order valence-electron chi connectivity index (χ3n) is 6.06. The summed E-state index contributed by atoms with van der Waals surface area (Å²) in [5, 5.41) is 14.7. The molecule has 2 aromatic carbocycles. The quantitative estimate of drug-likeness (QED) is 0.578. The normalized spacial score (nSPS) is 17.5. The highest BCUT2D eigenvalue weighted by molar-refractivity contribution is 6.06. The van der Waals surface area contributed by atoms with Gasteiger partial charge in [0.25, 0.3) is 11.6 Å². The molecule has 2 aromatic rings. The maximum atomic E-state index is 13.0. The number of carbonyl (C=O) groups is 1. The number of anilines is 3. The summed E-state index contributed by atoms with van der Waals surface area (Å²) >= 11 is 0. The SMILES string of the molecule is CC1CCN(c2ccc(C(=O)Nc3ccccc3N3CCOCC3)cc2[N+](=O)[O-])CC1. The number of hydrogen-bond acceptors (Lipinski definition) is 6. The summed E-state index contributed by atoms with van der Waals surface area (Å²) in [7, 11) is 0. The van der Waals surface area contributed by atoms with Crippen molar-refractivity contribution < 1.29 is 14.5 Å². The minimum absolute atomic E-state index is 0.0244. The van der Waals surface area contributed by atoms with Crippen molar-refractivity contribution in [2.75, 3.05) is 54.5 Å². The second kappa shape index (κ2) is 9.34. The fourth-order valence-corrected chi connectivity index (χ4v) is 4.18. The number of morpholine rings is 1. The Morgan fingerprint density at radius 3 is 2.42 bits per heavy atom. The van der Waals surface area contributed by atoms with Crippen molar-refractivity contribution in [2.24, 2.45) is 5.92 Å². The fourth-order valence-electron chi connectivity index (χ4n) is 4.18. The molecule has 2 aliphatic rings. The van der Waals surface area contributed by atoms with Crippen molar-refractivity contribution in [3.8, 4) is 0 Å². The summed E-state index contributed by atoms with van der Waals surface area (Å²) in [5.74, 6) is 0.273. The van der Waals surface area contributed by atoms with E-state index in [2.05, 4.69) is 17.1 Å². The molecule has 8 heteroatoms. The van der Waals surface area contributed by atoms with Crippen molar-refractivity contribution in [1.82, 2.24) is 0 Å². The van der Waals surface area contributed by atoms with E-state index in [4.69, 9.17) is 4.74 Å². The van der Waals surface area contributed by atoms with Crippen LogP contribution in [0.5, 0.6) is 0 Å². The molecule has 2 heterocycles. The second-order valence-electron chi connectivity index (χ2n) is 8.20. The van der Waals surface area contributed by atoms with Gasteiger partial charge in [0.15, 0.2) is 0 Å². The molecule has 0 radical (unpaired) electrons. The Morgan fingerprint density at radius 1 is 1.03 bits per heavy atom. The fraction of sp³-hybridized carbons (Fsp3) is 0.435. The van der Waals surface area contributed by atoms with Gasteiger partial charge in [-0.2, -0.15) is 0 Å². The molecule has 4 rings (SSSR count). The van der Waals surface area contributed by atoms with Crippen LogP contribution in [0, 0.1) is 16.0 Å². The molecular formula is C23H28N4O4. The number of nitrogens with one attached hydrogen (secondary N) is 1. The Hall–Kier alpha value is -3.13. The van der Waals surface area contributed by atoms with Gasteiger partial charge in [-0.25, -0.2) is 0 Å². The lowest BCUT2D eigenvalue weighted by Gasteiger charge is -2.31. The highest BCUT2D eigenvalue weighted by Crippen LogP contribution is 2.33. The van der Waals surface area contributed by atoms with E-state index in [1.54, 1.807) is 12.1 Å². The van der Waals surface area contributed by atoms with Crippen molar-refractivity contribution in [1.29, 1.82) is 0 Å². The number of rotatable bonds is 5. The average Bonchev–Trinajstić information content (AvgIpc) is 2.80. The van der Waals surface area contributed by atoms with Gasteiger partial charge in [-0.15, -0.1) is 0 Å². The largest absolute Gasteiger partial charge is 0.378 e. The topological polar surface area (TPSA) is 88.0 Å². The van der Waals surface area contributed by atoms with Crippen LogP contribution >= 0.6 is 0 Å². The molecule has 2 aliphatic heterocycles. The van der Waals surface area contributed by atoms with Crippen molar-refractivity contribution >= 4 is 28.7 Å². The van der Waals surface area contributed by atoms with Gasteiger partial charge in [0.2, 0.25) is 0 Å². The highest BCUT2D eigenvalue weighted by Gasteiger charge is 2.25. The third-order valence-corrected chi connectivity index (χ3v) is 6.06. The first-order chi connectivity index (χ1) is 15.0. The smallest absolute Gasteiger partial charge is 0.293 e. The number of amides is 1. The van der Waals surface area contributed by atoms with Crippen LogP contribution in [0.4, 0.5) is 22.7 Å². The van der Waals surface area contributed by atoms with Crippen molar-refractivity contribution in [3.63, 3.8) is 0 Å². The van der Waals surface area contributed by atoms with E-state index in [-0.39, 0.29) is 17.2 Å². The zero-order valence-electron chi connectivity index (χ0n) is 17.8. The molecule has 2 saturated heterocycles. The first-order valence-electron chi connectivity index (χ1n) is 10.8. The Balaban J connectivity index is 1.55. The molecule has 0 saturated carbocycles. The van der Waals surface area contributed by atoms with Crippen LogP contribution in [0.2, 0.25) is 0 Å². The third kappa shape index (κ3) is 4.80. The zero-order valence-corrected chi connectivity index (χ0v) is 17.8. The first-order valence-corrected chi connectivity index (χ1v) is 10.8. The minimum Gasteiger partial charge on any atom is -0.378 e. The van der Waals surface area contributed by atoms with E-state index >= 15 is 0 Å². The number of carbonyl (C=O) groups excluding carboxylic acids is 1. The van der Waals surface area contributed by atoms with Crippen LogP contribution in [0.15, 0.2) is 42.5 Å². The number of ether oxygens (including phenoxy) is 1. The summed E-state index contributed by atoms with van der Waals surface area (Å²) in [6, 6.07) is 12.4. The molecule has 0 aliphatic carbocycles. The Morgan fingerprint density at radius 2 is 1.71 bits per heavy atom. The number of para-hydroxylation sites is 2. The lowest BCUT2D eigenvalue weighted by Crippen LogP contribution is -2.36. The molecule has 0 atom stereocenters. The predicted molar refractivity (Wildman–Crippen MR) is 121 cm³/mol. The van der Waals surface area contributed by atoms with Crippen LogP contribution in [0.25, 0.3) is 0 Å². The molecule has 2 fully saturated rings. The van der Waals surface area contributed by atoms with Crippen LogP contribution in [0.1, 0.15) is 30.1 Å². The Kier molecular flexibility index (Phi) is 6.36. The molecule has 1 amide bonds. The van der Waals surface area contributed by atoms with Crippen molar-refractivity contribution in [3.05, 3.63) is 58.1 Å². The Labute approximate surface area is 181 Å². The molecule has 0 bridgehead atoms. The number of benzene rings is 2. The summed E-state index contributed by atoms with van der Waals surface area (Å²) < 4.78 is 5.42. The van der Waals surface area contributed by atoms with Gasteiger partial charge in [-0.05, 0) is 43.0 Å². The van der Waals surface area contributed by atoms with Gasteiger partial charge in [0, 0.05) is 37.8 Å². The summed E-state index contributed by atoms with van der Waals surface area (Å²) in [6.45, 7) is 6.58. The van der Waals surface area contributed by atoms with E-state index < -0.39 is 4.92 Å². The molecule has 0 aromatic heterocycles. The summed E-state index contributed by atoms with van der Waals surface area (Å²) in [4.78, 5) is 28.5. The van der Waals surface area contributed by atoms with Gasteiger partial charge < -0.3 is 19.9 Å². The lowest BCUT2D eigenvalue weighted by atomic mass is 9.98. The number of piperidine rings is 1. The van der Waals surface area contributed by atoms with E-state index in [0.29, 0.717) is 30.5 Å². The van der Waals surface area contributed by atoms with Crippen molar-refractivity contribution in [2.45, 2.75) is 19.8 Å². The molecule has 0 unspecified atom stereocenters. The molecule has 8 nitrogen and oxygen atoms in total. The van der Waals surface area contributed by atoms with Gasteiger partial charge in [0.05, 0.1) is 29.5 Å². The number of nitro groups is 1. The molecular weight excluding hydrogens is 396 g/mol. The maximum absolute atomic E-state index is 13.0. The average molecular weight is 425 g/mol. The van der Waals surface area contributed by atoms with Gasteiger partial charge in [-0.1, -0.05) is 19.1 Å². The lowest BCUT2D eigenvalue weighted by molar-refractivity contribution is -0.384. The number of hydrogen-bond donors (Lipinski definition) is 1. The monoisotopic (exact) mass is 424 g/mol. The summed E-state index contributed by atoms with van der Waals surface area (Å²) in [6.07, 6.45) is 2.02. The molecule has 0 spiro atoms. The molecule has 164 valence electrons. The predicted octanol–water partition coefficient (Wildman–Crippen LogP) is 3.92. The Bertz CT molecular complexity index is 950. The number of nitro benzene ring substituents is 1. The van der Waals surface area contributed by atoms with Crippen LogP contribution < -0.4 is 15.1 Å². The van der Waals surface area contributed by atoms with Crippen LogP contribution in [0.3, 0.4) is 0 Å². The van der Waals surface area contributed by atoms with E-state index in [1.165, 1.54) is 6.07 Å². The first kappa shape index (κ1) is 21.1. The minimum atomic E-state index is -0.397. The van der Waals surface area contributed by atoms with Gasteiger partial charge in [0.1, 0.15) is 5.69 Å².